The number of aromatic amines is 1. The largest absolute Gasteiger partial charge is 0.359 e. The van der Waals surface area contributed by atoms with Crippen LogP contribution in [-0.4, -0.2) is 15.0 Å². The van der Waals surface area contributed by atoms with Gasteiger partial charge in [0.15, 0.2) is 5.69 Å². The van der Waals surface area contributed by atoms with E-state index in [1.54, 1.807) is 18.2 Å². The lowest BCUT2D eigenvalue weighted by Gasteiger charge is -2.02. The van der Waals surface area contributed by atoms with Crippen LogP contribution in [0.4, 0.5) is 4.39 Å². The summed E-state index contributed by atoms with van der Waals surface area (Å²) in [5.74, 6) is 2.27. The molecule has 3 N–H and O–H groups in total. The Morgan fingerprint density at radius 2 is 2.08 bits per heavy atom. The van der Waals surface area contributed by atoms with Crippen molar-refractivity contribution in [2.75, 3.05) is 0 Å². The molecule has 0 aliphatic heterocycles. The van der Waals surface area contributed by atoms with Crippen LogP contribution in [0.15, 0.2) is 36.5 Å². The first-order chi connectivity index (χ1) is 11.6. The molecule has 116 valence electrons. The fourth-order valence-electron chi connectivity index (χ4n) is 2.20. The molecule has 24 heavy (non-hydrogen) atoms. The van der Waals surface area contributed by atoms with Gasteiger partial charge < -0.3 is 10.7 Å². The van der Waals surface area contributed by atoms with E-state index < -0.39 is 5.82 Å². The van der Waals surface area contributed by atoms with E-state index in [0.29, 0.717) is 17.0 Å². The number of hydrogen-bond acceptors (Lipinski definition) is 4. The van der Waals surface area contributed by atoms with Crippen molar-refractivity contribution in [1.82, 2.24) is 15.0 Å². The molecule has 2 aromatic heterocycles. The number of aromatic nitrogens is 3. The van der Waals surface area contributed by atoms with Crippen LogP contribution in [0, 0.1) is 29.1 Å². The van der Waals surface area contributed by atoms with E-state index in [1.807, 2.05) is 6.07 Å². The predicted octanol–water partition coefficient (Wildman–Crippen LogP) is 3.07. The van der Waals surface area contributed by atoms with Crippen LogP contribution in [0.2, 0.25) is 5.02 Å². The topological polar surface area (TPSA) is 91.4 Å². The first kappa shape index (κ1) is 15.5. The van der Waals surface area contributed by atoms with Gasteiger partial charge in [-0.2, -0.15) is 5.26 Å². The van der Waals surface area contributed by atoms with E-state index in [9.17, 15) is 9.65 Å². The maximum absolute atomic E-state index is 14.1. The number of nitrogens with two attached hydrogens (primary N) is 1. The number of H-pyrrole nitrogens is 1. The SMILES string of the molecule is N#Cc1nc(-c2c(F)cccc2Cl)[nH]c1-c1ccc(C#CN)nc1. The Bertz CT molecular complexity index is 986. The predicted molar refractivity (Wildman–Crippen MR) is 88.0 cm³/mol. The van der Waals surface area contributed by atoms with Crippen molar-refractivity contribution >= 4 is 11.6 Å². The summed E-state index contributed by atoms with van der Waals surface area (Å²) in [5, 5.41) is 9.50. The summed E-state index contributed by atoms with van der Waals surface area (Å²) in [4.78, 5) is 11.2. The molecular weight excluding hydrogens is 329 g/mol. The van der Waals surface area contributed by atoms with Gasteiger partial charge in [-0.1, -0.05) is 17.7 Å². The molecule has 0 bridgehead atoms. The summed E-state index contributed by atoms with van der Waals surface area (Å²) in [7, 11) is 0. The molecule has 0 spiro atoms. The minimum atomic E-state index is -0.529. The smallest absolute Gasteiger partial charge is 0.167 e. The van der Waals surface area contributed by atoms with Crippen LogP contribution in [0.5, 0.6) is 0 Å². The van der Waals surface area contributed by atoms with E-state index in [4.69, 9.17) is 17.3 Å². The van der Waals surface area contributed by atoms with Gasteiger partial charge in [0.1, 0.15) is 23.4 Å². The summed E-state index contributed by atoms with van der Waals surface area (Å²) in [6, 6.07) is 11.9. The molecule has 3 rings (SSSR count). The van der Waals surface area contributed by atoms with Crippen molar-refractivity contribution in [2.24, 2.45) is 5.73 Å². The van der Waals surface area contributed by atoms with Crippen LogP contribution in [0.25, 0.3) is 22.6 Å². The summed E-state index contributed by atoms with van der Waals surface area (Å²) in [6.07, 6.45) is 1.53. The van der Waals surface area contributed by atoms with Crippen molar-refractivity contribution < 1.29 is 4.39 Å². The number of halogens is 2. The van der Waals surface area contributed by atoms with Crippen molar-refractivity contribution in [3.05, 3.63) is 58.8 Å². The Morgan fingerprint density at radius 3 is 2.71 bits per heavy atom. The second kappa shape index (κ2) is 6.41. The number of hydrogen-bond donors (Lipinski definition) is 2. The number of nitrogens with one attached hydrogen (secondary N) is 1. The van der Waals surface area contributed by atoms with Crippen molar-refractivity contribution in [1.29, 1.82) is 5.26 Å². The lowest BCUT2D eigenvalue weighted by Crippen LogP contribution is -1.89. The molecule has 0 fully saturated rings. The van der Waals surface area contributed by atoms with Gasteiger partial charge in [-0.15, -0.1) is 0 Å². The summed E-state index contributed by atoms with van der Waals surface area (Å²) in [6.45, 7) is 0. The average Bonchev–Trinajstić information content (AvgIpc) is 3.00. The maximum Gasteiger partial charge on any atom is 0.167 e. The van der Waals surface area contributed by atoms with Crippen molar-refractivity contribution in [3.8, 4) is 40.7 Å². The van der Waals surface area contributed by atoms with E-state index in [0.717, 1.165) is 0 Å². The fourth-order valence-corrected chi connectivity index (χ4v) is 2.45. The molecule has 0 unspecified atom stereocenters. The Balaban J connectivity index is 2.11. The number of rotatable bonds is 2. The Labute approximate surface area is 141 Å². The molecule has 7 heteroatoms. The quantitative estimate of drug-likeness (QED) is 0.555. The average molecular weight is 338 g/mol. The van der Waals surface area contributed by atoms with Crippen LogP contribution >= 0.6 is 11.6 Å². The van der Waals surface area contributed by atoms with E-state index >= 15 is 0 Å². The van der Waals surface area contributed by atoms with Gasteiger partial charge >= 0.3 is 0 Å². The molecule has 2 heterocycles. The lowest BCUT2D eigenvalue weighted by atomic mass is 10.1. The van der Waals surface area contributed by atoms with Crippen LogP contribution in [0.1, 0.15) is 11.4 Å². The van der Waals surface area contributed by atoms with Gasteiger partial charge in [-0.3, -0.25) is 0 Å². The first-order valence-electron chi connectivity index (χ1n) is 6.76. The molecular formula is C17H9ClFN5. The van der Waals surface area contributed by atoms with Crippen molar-refractivity contribution in [3.63, 3.8) is 0 Å². The zero-order chi connectivity index (χ0) is 17.1. The van der Waals surface area contributed by atoms with Gasteiger partial charge in [-0.25, -0.2) is 14.4 Å². The minimum absolute atomic E-state index is 0.112. The monoisotopic (exact) mass is 337 g/mol. The standard InChI is InChI=1S/C17H9ClFN5/c18-12-2-1-3-13(19)15(12)17-23-14(8-21)16(24-17)10-4-5-11(6-7-20)22-9-10/h1-5,9H,20H2,(H,23,24). The molecule has 0 saturated carbocycles. The number of nitrogens with zero attached hydrogens (tertiary/aromatic N) is 3. The molecule has 1 aromatic carbocycles. The molecule has 0 atom stereocenters. The third kappa shape index (κ3) is 2.79. The van der Waals surface area contributed by atoms with Crippen LogP contribution in [0.3, 0.4) is 0 Å². The highest BCUT2D eigenvalue weighted by molar-refractivity contribution is 6.33. The summed E-state index contributed by atoms with van der Waals surface area (Å²) < 4.78 is 14.1. The Hall–Kier alpha value is -3.35. The maximum atomic E-state index is 14.1. The Kier molecular flexibility index (Phi) is 4.15. The summed E-state index contributed by atoms with van der Waals surface area (Å²) >= 11 is 6.05. The zero-order valence-electron chi connectivity index (χ0n) is 12.1. The number of nitriles is 1. The molecule has 5 nitrogen and oxygen atoms in total. The van der Waals surface area contributed by atoms with Crippen molar-refractivity contribution in [2.45, 2.75) is 0 Å². The highest BCUT2D eigenvalue weighted by atomic mass is 35.5. The third-order valence-corrected chi connectivity index (χ3v) is 3.58. The second-order valence-electron chi connectivity index (χ2n) is 4.72. The molecule has 0 saturated heterocycles. The normalized spacial score (nSPS) is 9.88. The number of pyridine rings is 1. The second-order valence-corrected chi connectivity index (χ2v) is 5.13. The highest BCUT2D eigenvalue weighted by Gasteiger charge is 2.18. The Morgan fingerprint density at radius 1 is 1.25 bits per heavy atom. The number of imidazole rings is 1. The molecule has 0 aliphatic rings. The van der Waals surface area contributed by atoms with Gasteiger partial charge in [0.25, 0.3) is 0 Å². The van der Waals surface area contributed by atoms with Crippen LogP contribution in [-0.2, 0) is 0 Å². The van der Waals surface area contributed by atoms with Gasteiger partial charge in [-0.05, 0) is 30.2 Å². The minimum Gasteiger partial charge on any atom is -0.359 e. The van der Waals surface area contributed by atoms with Gasteiger partial charge in [0, 0.05) is 17.8 Å². The van der Waals surface area contributed by atoms with E-state index in [-0.39, 0.29) is 22.1 Å². The zero-order valence-corrected chi connectivity index (χ0v) is 12.9. The highest BCUT2D eigenvalue weighted by Crippen LogP contribution is 2.31. The molecule has 0 amide bonds. The third-order valence-electron chi connectivity index (χ3n) is 3.26. The van der Waals surface area contributed by atoms with Gasteiger partial charge in [0.05, 0.1) is 16.3 Å². The number of benzene rings is 1. The molecule has 3 aromatic rings. The molecule has 0 radical (unpaired) electrons. The fraction of sp³-hybridized carbons (Fsp3) is 0. The molecule has 0 aliphatic carbocycles. The summed E-state index contributed by atoms with van der Waals surface area (Å²) in [5.41, 5.74) is 6.90. The first-order valence-corrected chi connectivity index (χ1v) is 7.14. The van der Waals surface area contributed by atoms with E-state index in [2.05, 4.69) is 26.9 Å². The lowest BCUT2D eigenvalue weighted by molar-refractivity contribution is 0.630. The van der Waals surface area contributed by atoms with Crippen LogP contribution < -0.4 is 5.73 Å². The van der Waals surface area contributed by atoms with E-state index in [1.165, 1.54) is 18.3 Å². The van der Waals surface area contributed by atoms with Gasteiger partial charge in [0.2, 0.25) is 0 Å².